The first kappa shape index (κ1) is 15.0. The first-order valence-corrected chi connectivity index (χ1v) is 7.04. The molecule has 0 heterocycles. The van der Waals surface area contributed by atoms with Crippen LogP contribution < -0.4 is 10.6 Å². The van der Waals surface area contributed by atoms with Gasteiger partial charge in [0.15, 0.2) is 0 Å². The number of hydrogen-bond donors (Lipinski definition) is 1. The maximum absolute atomic E-state index is 5.76. The molecule has 0 saturated heterocycles. The third-order valence-electron chi connectivity index (χ3n) is 3.17. The summed E-state index contributed by atoms with van der Waals surface area (Å²) in [4.78, 5) is 2.31. The third-order valence-corrected chi connectivity index (χ3v) is 3.17. The van der Waals surface area contributed by atoms with Crippen LogP contribution in [-0.2, 0) is 6.42 Å². The lowest BCUT2D eigenvalue weighted by molar-refractivity contribution is 0.621. The monoisotopic (exact) mass is 248 g/mol. The second-order valence-electron chi connectivity index (χ2n) is 5.81. The fourth-order valence-electron chi connectivity index (χ4n) is 2.14. The fraction of sp³-hybridized carbons (Fsp3) is 0.625. The second-order valence-corrected chi connectivity index (χ2v) is 5.81. The number of nitrogens with zero attached hydrogens (tertiary/aromatic N) is 1. The van der Waals surface area contributed by atoms with E-state index < -0.39 is 0 Å². The van der Waals surface area contributed by atoms with Crippen molar-refractivity contribution in [1.29, 1.82) is 0 Å². The van der Waals surface area contributed by atoms with Gasteiger partial charge in [0.2, 0.25) is 0 Å². The van der Waals surface area contributed by atoms with E-state index in [1.807, 2.05) is 0 Å². The van der Waals surface area contributed by atoms with Crippen molar-refractivity contribution in [2.24, 2.45) is 11.7 Å². The lowest BCUT2D eigenvalue weighted by Crippen LogP contribution is -2.22. The molecule has 0 radical (unpaired) electrons. The highest BCUT2D eigenvalue weighted by atomic mass is 15.1. The van der Waals surface area contributed by atoms with E-state index in [0.29, 0.717) is 6.04 Å². The molecule has 1 atom stereocenters. The number of benzene rings is 1. The Morgan fingerprint density at radius 3 is 2.22 bits per heavy atom. The Hall–Kier alpha value is -1.02. The van der Waals surface area contributed by atoms with E-state index in [2.05, 4.69) is 57.0 Å². The molecular weight excluding hydrogens is 220 g/mol. The SMILES string of the molecule is CC(C)Cc1ccc(N(C)CCCC(C)N)cc1. The standard InChI is InChI=1S/C16H28N2/c1-13(2)12-15-7-9-16(10-8-15)18(4)11-5-6-14(3)17/h7-10,13-14H,5-6,11-12,17H2,1-4H3. The topological polar surface area (TPSA) is 29.3 Å². The van der Waals surface area contributed by atoms with Gasteiger partial charge in [0.1, 0.15) is 0 Å². The van der Waals surface area contributed by atoms with E-state index in [-0.39, 0.29) is 0 Å². The molecule has 0 saturated carbocycles. The van der Waals surface area contributed by atoms with E-state index in [0.717, 1.165) is 31.7 Å². The number of anilines is 1. The lowest BCUT2D eigenvalue weighted by atomic mass is 10.0. The molecule has 0 aliphatic heterocycles. The molecular formula is C16H28N2. The highest BCUT2D eigenvalue weighted by Gasteiger charge is 2.03. The normalized spacial score (nSPS) is 12.8. The van der Waals surface area contributed by atoms with Crippen molar-refractivity contribution in [2.45, 2.75) is 46.1 Å². The van der Waals surface area contributed by atoms with Gasteiger partial charge in [-0.15, -0.1) is 0 Å². The molecule has 1 unspecified atom stereocenters. The summed E-state index contributed by atoms with van der Waals surface area (Å²) in [6.45, 7) is 7.66. The lowest BCUT2D eigenvalue weighted by Gasteiger charge is -2.20. The molecule has 0 fully saturated rings. The largest absolute Gasteiger partial charge is 0.375 e. The van der Waals surface area contributed by atoms with Gasteiger partial charge in [-0.3, -0.25) is 0 Å². The zero-order valence-electron chi connectivity index (χ0n) is 12.3. The van der Waals surface area contributed by atoms with Crippen LogP contribution >= 0.6 is 0 Å². The van der Waals surface area contributed by atoms with Crippen molar-refractivity contribution in [3.63, 3.8) is 0 Å². The Kier molecular flexibility index (Phi) is 6.20. The van der Waals surface area contributed by atoms with Gasteiger partial charge >= 0.3 is 0 Å². The van der Waals surface area contributed by atoms with Crippen LogP contribution in [0.1, 0.15) is 39.2 Å². The maximum Gasteiger partial charge on any atom is 0.0363 e. The van der Waals surface area contributed by atoms with Gasteiger partial charge in [0, 0.05) is 25.3 Å². The van der Waals surface area contributed by atoms with Crippen LogP contribution in [0.25, 0.3) is 0 Å². The molecule has 0 bridgehead atoms. The summed E-state index contributed by atoms with van der Waals surface area (Å²) < 4.78 is 0. The molecule has 2 heteroatoms. The van der Waals surface area contributed by atoms with Crippen molar-refractivity contribution in [3.05, 3.63) is 29.8 Å². The van der Waals surface area contributed by atoms with E-state index in [1.54, 1.807) is 0 Å². The fourth-order valence-corrected chi connectivity index (χ4v) is 2.14. The summed E-state index contributed by atoms with van der Waals surface area (Å²) in [6.07, 6.45) is 3.41. The Bertz CT molecular complexity index is 327. The van der Waals surface area contributed by atoms with Gasteiger partial charge in [-0.2, -0.15) is 0 Å². The van der Waals surface area contributed by atoms with Crippen LogP contribution in [0.3, 0.4) is 0 Å². The Labute approximate surface area is 112 Å². The molecule has 0 aromatic heterocycles. The summed E-state index contributed by atoms with van der Waals surface area (Å²) in [5, 5.41) is 0. The van der Waals surface area contributed by atoms with E-state index >= 15 is 0 Å². The minimum Gasteiger partial charge on any atom is -0.375 e. The molecule has 1 rings (SSSR count). The van der Waals surface area contributed by atoms with E-state index in [9.17, 15) is 0 Å². The molecule has 2 nitrogen and oxygen atoms in total. The number of nitrogens with two attached hydrogens (primary N) is 1. The van der Waals surface area contributed by atoms with E-state index in [1.165, 1.54) is 11.3 Å². The van der Waals surface area contributed by atoms with Crippen molar-refractivity contribution in [3.8, 4) is 0 Å². The van der Waals surface area contributed by atoms with E-state index in [4.69, 9.17) is 5.73 Å². The summed E-state index contributed by atoms with van der Waals surface area (Å²) in [7, 11) is 2.15. The molecule has 1 aromatic carbocycles. The molecule has 0 aliphatic carbocycles. The van der Waals surface area contributed by atoms with Crippen LogP contribution in [0, 0.1) is 5.92 Å². The van der Waals surface area contributed by atoms with Crippen LogP contribution in [0.4, 0.5) is 5.69 Å². The van der Waals surface area contributed by atoms with Crippen molar-refractivity contribution >= 4 is 5.69 Å². The first-order chi connectivity index (χ1) is 8.49. The van der Waals surface area contributed by atoms with Crippen molar-refractivity contribution < 1.29 is 0 Å². The van der Waals surface area contributed by atoms with Gasteiger partial charge in [-0.05, 0) is 49.8 Å². The smallest absolute Gasteiger partial charge is 0.0363 e. The van der Waals surface area contributed by atoms with Gasteiger partial charge in [-0.25, -0.2) is 0 Å². The molecule has 0 amide bonds. The van der Waals surface area contributed by atoms with Crippen LogP contribution in [0.5, 0.6) is 0 Å². The summed E-state index contributed by atoms with van der Waals surface area (Å²) in [6, 6.07) is 9.26. The maximum atomic E-state index is 5.76. The van der Waals surface area contributed by atoms with Crippen LogP contribution in [-0.4, -0.2) is 19.6 Å². The quantitative estimate of drug-likeness (QED) is 0.801. The molecule has 2 N–H and O–H groups in total. The van der Waals surface area contributed by atoms with Gasteiger partial charge < -0.3 is 10.6 Å². The summed E-state index contributed by atoms with van der Waals surface area (Å²) >= 11 is 0. The molecule has 1 aromatic rings. The molecule has 18 heavy (non-hydrogen) atoms. The van der Waals surface area contributed by atoms with Gasteiger partial charge in [-0.1, -0.05) is 26.0 Å². The molecule has 102 valence electrons. The van der Waals surface area contributed by atoms with Gasteiger partial charge in [0.05, 0.1) is 0 Å². The first-order valence-electron chi connectivity index (χ1n) is 7.04. The van der Waals surface area contributed by atoms with Crippen LogP contribution in [0.2, 0.25) is 0 Å². The van der Waals surface area contributed by atoms with Gasteiger partial charge in [0.25, 0.3) is 0 Å². The molecule has 0 aliphatic rings. The average molecular weight is 248 g/mol. The second kappa shape index (κ2) is 7.42. The highest BCUT2D eigenvalue weighted by molar-refractivity contribution is 5.46. The minimum atomic E-state index is 0.312. The number of rotatable bonds is 7. The zero-order chi connectivity index (χ0) is 13.5. The average Bonchev–Trinajstić information content (AvgIpc) is 2.28. The molecule has 0 spiro atoms. The predicted molar refractivity (Wildman–Crippen MR) is 81.1 cm³/mol. The Morgan fingerprint density at radius 1 is 1.11 bits per heavy atom. The van der Waals surface area contributed by atoms with Crippen molar-refractivity contribution in [2.75, 3.05) is 18.5 Å². The van der Waals surface area contributed by atoms with Crippen molar-refractivity contribution in [1.82, 2.24) is 0 Å². The minimum absolute atomic E-state index is 0.312. The summed E-state index contributed by atoms with van der Waals surface area (Å²) in [5.74, 6) is 0.722. The summed E-state index contributed by atoms with van der Waals surface area (Å²) in [5.41, 5.74) is 8.49. The number of hydrogen-bond acceptors (Lipinski definition) is 2. The zero-order valence-corrected chi connectivity index (χ0v) is 12.3. The predicted octanol–water partition coefficient (Wildman–Crippen LogP) is 3.45. The Morgan fingerprint density at radius 2 is 1.72 bits per heavy atom. The third kappa shape index (κ3) is 5.54. The Balaban J connectivity index is 2.46. The van der Waals surface area contributed by atoms with Crippen LogP contribution in [0.15, 0.2) is 24.3 Å². The highest BCUT2D eigenvalue weighted by Crippen LogP contribution is 2.16.